The fourth-order valence-electron chi connectivity index (χ4n) is 1.62. The maximum absolute atomic E-state index is 11.7. The summed E-state index contributed by atoms with van der Waals surface area (Å²) in [6.45, 7) is 8.79. The fourth-order valence-corrected chi connectivity index (χ4v) is 1.62. The molecule has 0 spiro atoms. The zero-order valence-electron chi connectivity index (χ0n) is 11.4. The van der Waals surface area contributed by atoms with Crippen molar-refractivity contribution in [3.05, 3.63) is 0 Å². The van der Waals surface area contributed by atoms with Gasteiger partial charge >= 0.3 is 0 Å². The Morgan fingerprint density at radius 2 is 2.06 bits per heavy atom. The number of hydrogen-bond donors (Lipinski definition) is 2. The summed E-state index contributed by atoms with van der Waals surface area (Å²) in [5.41, 5.74) is 5.14. The minimum absolute atomic E-state index is 0.00979. The summed E-state index contributed by atoms with van der Waals surface area (Å²) in [7, 11) is 0. The van der Waals surface area contributed by atoms with Crippen LogP contribution in [0.15, 0.2) is 0 Å². The molecule has 0 aromatic heterocycles. The van der Waals surface area contributed by atoms with Gasteiger partial charge in [-0.05, 0) is 38.6 Å². The van der Waals surface area contributed by atoms with E-state index in [1.165, 1.54) is 0 Å². The normalized spacial score (nSPS) is 13.2. The van der Waals surface area contributed by atoms with Crippen molar-refractivity contribution in [2.45, 2.75) is 40.5 Å². The van der Waals surface area contributed by atoms with Crippen molar-refractivity contribution in [3.63, 3.8) is 0 Å². The summed E-state index contributed by atoms with van der Waals surface area (Å²) in [6.07, 6.45) is 1.42. The Hall–Kier alpha value is -1.08. The quantitative estimate of drug-likeness (QED) is 0.709. The molecule has 98 valence electrons. The monoisotopic (exact) mass is 239 g/mol. The molecule has 3 N–H and O–H groups in total. The molecule has 0 aromatic carbocycles. The van der Waals surface area contributed by atoms with Gasteiger partial charge in [-0.15, -0.1) is 0 Å². The summed E-state index contributed by atoms with van der Waals surface area (Å²) in [5.74, 6) is 0.775. The molecule has 0 saturated carbocycles. The van der Waals surface area contributed by atoms with Gasteiger partial charge in [-0.3, -0.25) is 4.79 Å². The molecule has 0 saturated heterocycles. The Bertz CT molecular complexity index is 279. The zero-order chi connectivity index (χ0) is 13.5. The van der Waals surface area contributed by atoms with Gasteiger partial charge in [0.1, 0.15) is 0 Å². The molecule has 0 bridgehead atoms. The van der Waals surface area contributed by atoms with Crippen LogP contribution in [-0.4, -0.2) is 19.0 Å². The average Bonchev–Trinajstić information content (AvgIpc) is 2.25. The first-order valence-electron chi connectivity index (χ1n) is 6.18. The van der Waals surface area contributed by atoms with Crippen LogP contribution in [0.25, 0.3) is 0 Å². The smallest absolute Gasteiger partial charge is 0.220 e. The Kier molecular flexibility index (Phi) is 6.82. The van der Waals surface area contributed by atoms with E-state index in [4.69, 9.17) is 11.0 Å². The third-order valence-corrected chi connectivity index (χ3v) is 2.64. The number of amides is 1. The Labute approximate surface area is 105 Å². The van der Waals surface area contributed by atoms with Gasteiger partial charge in [0.2, 0.25) is 5.91 Å². The lowest BCUT2D eigenvalue weighted by Crippen LogP contribution is -2.35. The van der Waals surface area contributed by atoms with Crippen molar-refractivity contribution in [2.24, 2.45) is 23.0 Å². The first kappa shape index (κ1) is 15.9. The van der Waals surface area contributed by atoms with Crippen molar-refractivity contribution in [1.29, 1.82) is 5.26 Å². The fraction of sp³-hybridized carbons (Fsp3) is 0.846. The van der Waals surface area contributed by atoms with E-state index in [0.717, 1.165) is 6.42 Å². The molecule has 4 nitrogen and oxygen atoms in total. The molecule has 0 aliphatic heterocycles. The van der Waals surface area contributed by atoms with Crippen molar-refractivity contribution in [1.82, 2.24) is 5.32 Å². The summed E-state index contributed by atoms with van der Waals surface area (Å²) in [4.78, 5) is 11.7. The van der Waals surface area contributed by atoms with Crippen molar-refractivity contribution < 1.29 is 4.79 Å². The number of nitrogens with two attached hydrogens (primary N) is 1. The second kappa shape index (κ2) is 7.29. The van der Waals surface area contributed by atoms with E-state index in [1.807, 2.05) is 13.8 Å². The Morgan fingerprint density at radius 3 is 2.47 bits per heavy atom. The lowest BCUT2D eigenvalue weighted by Gasteiger charge is -2.19. The molecular weight excluding hydrogens is 214 g/mol. The molecule has 17 heavy (non-hydrogen) atoms. The van der Waals surface area contributed by atoms with Crippen LogP contribution >= 0.6 is 0 Å². The number of rotatable bonds is 7. The van der Waals surface area contributed by atoms with E-state index in [1.54, 1.807) is 0 Å². The molecule has 0 rings (SSSR count). The number of nitrogens with zero attached hydrogens (tertiary/aromatic N) is 1. The highest BCUT2D eigenvalue weighted by Gasteiger charge is 2.19. The van der Waals surface area contributed by atoms with E-state index in [0.29, 0.717) is 25.4 Å². The summed E-state index contributed by atoms with van der Waals surface area (Å²) < 4.78 is 0. The highest BCUT2D eigenvalue weighted by molar-refractivity contribution is 5.76. The van der Waals surface area contributed by atoms with Crippen LogP contribution in [0.1, 0.15) is 40.5 Å². The van der Waals surface area contributed by atoms with Gasteiger partial charge in [-0.25, -0.2) is 0 Å². The van der Waals surface area contributed by atoms with Crippen LogP contribution < -0.4 is 11.1 Å². The second-order valence-electron chi connectivity index (χ2n) is 5.71. The number of carbonyl (C=O) groups excluding carboxylic acids is 1. The molecule has 1 atom stereocenters. The van der Waals surface area contributed by atoms with Crippen LogP contribution in [0.5, 0.6) is 0 Å². The Morgan fingerprint density at radius 1 is 1.47 bits per heavy atom. The van der Waals surface area contributed by atoms with Crippen molar-refractivity contribution in [3.8, 4) is 6.07 Å². The predicted octanol–water partition coefficient (Wildman–Crippen LogP) is 1.66. The standard InChI is InChI=1S/C13H25N3O/c1-10(2)5-11(7-14)6-12(17)16-9-13(3,4)8-15/h10-11H,5-7,9,14H2,1-4H3,(H,16,17). The highest BCUT2D eigenvalue weighted by Crippen LogP contribution is 2.15. The minimum atomic E-state index is -0.508. The summed E-state index contributed by atoms with van der Waals surface area (Å²) >= 11 is 0. The lowest BCUT2D eigenvalue weighted by molar-refractivity contribution is -0.122. The molecule has 1 unspecified atom stereocenters. The molecule has 4 heteroatoms. The van der Waals surface area contributed by atoms with Gasteiger partial charge in [0.05, 0.1) is 11.5 Å². The molecule has 0 fully saturated rings. The van der Waals surface area contributed by atoms with Crippen LogP contribution in [0.2, 0.25) is 0 Å². The zero-order valence-corrected chi connectivity index (χ0v) is 11.4. The highest BCUT2D eigenvalue weighted by atomic mass is 16.1. The van der Waals surface area contributed by atoms with Crippen LogP contribution in [0.3, 0.4) is 0 Å². The van der Waals surface area contributed by atoms with Gasteiger partial charge in [-0.1, -0.05) is 13.8 Å². The number of hydrogen-bond acceptors (Lipinski definition) is 3. The van der Waals surface area contributed by atoms with E-state index in [9.17, 15) is 4.79 Å². The van der Waals surface area contributed by atoms with E-state index in [2.05, 4.69) is 25.2 Å². The topological polar surface area (TPSA) is 78.9 Å². The van der Waals surface area contributed by atoms with Gasteiger partial charge in [0, 0.05) is 13.0 Å². The first-order valence-corrected chi connectivity index (χ1v) is 6.18. The predicted molar refractivity (Wildman–Crippen MR) is 69.0 cm³/mol. The van der Waals surface area contributed by atoms with E-state index >= 15 is 0 Å². The maximum atomic E-state index is 11.7. The summed E-state index contributed by atoms with van der Waals surface area (Å²) in [5, 5.41) is 11.6. The van der Waals surface area contributed by atoms with Gasteiger partial charge in [0.15, 0.2) is 0 Å². The molecule has 0 aliphatic carbocycles. The van der Waals surface area contributed by atoms with Gasteiger partial charge in [-0.2, -0.15) is 5.26 Å². The largest absolute Gasteiger partial charge is 0.355 e. The van der Waals surface area contributed by atoms with Crippen molar-refractivity contribution in [2.75, 3.05) is 13.1 Å². The molecule has 0 radical (unpaired) electrons. The van der Waals surface area contributed by atoms with Crippen molar-refractivity contribution >= 4 is 5.91 Å². The Balaban J connectivity index is 4.04. The van der Waals surface area contributed by atoms with Crippen LogP contribution in [0.4, 0.5) is 0 Å². The minimum Gasteiger partial charge on any atom is -0.355 e. The third kappa shape index (κ3) is 7.76. The van der Waals surface area contributed by atoms with Gasteiger partial charge < -0.3 is 11.1 Å². The molecule has 1 amide bonds. The van der Waals surface area contributed by atoms with E-state index in [-0.39, 0.29) is 11.8 Å². The third-order valence-electron chi connectivity index (χ3n) is 2.64. The van der Waals surface area contributed by atoms with Crippen LogP contribution in [0, 0.1) is 28.6 Å². The number of nitriles is 1. The summed E-state index contributed by atoms with van der Waals surface area (Å²) in [6, 6.07) is 2.16. The molecular formula is C13H25N3O. The molecule has 0 aliphatic rings. The lowest BCUT2D eigenvalue weighted by atomic mass is 9.93. The first-order chi connectivity index (χ1) is 7.80. The average molecular weight is 239 g/mol. The SMILES string of the molecule is CC(C)CC(CN)CC(=O)NCC(C)(C)C#N. The van der Waals surface area contributed by atoms with E-state index < -0.39 is 5.41 Å². The maximum Gasteiger partial charge on any atom is 0.220 e. The number of carbonyl (C=O) groups is 1. The van der Waals surface area contributed by atoms with Crippen LogP contribution in [-0.2, 0) is 4.79 Å². The molecule has 0 aromatic rings. The molecule has 0 heterocycles. The van der Waals surface area contributed by atoms with Gasteiger partial charge in [0.25, 0.3) is 0 Å². The number of nitrogens with one attached hydrogen (secondary N) is 1. The second-order valence-corrected chi connectivity index (χ2v) is 5.71.